The smallest absolute Gasteiger partial charge is 0.271 e. The summed E-state index contributed by atoms with van der Waals surface area (Å²) in [5, 5.41) is 14.4. The lowest BCUT2D eigenvalue weighted by Crippen LogP contribution is -2.29. The highest BCUT2D eigenvalue weighted by molar-refractivity contribution is 7.99. The van der Waals surface area contributed by atoms with Crippen molar-refractivity contribution in [1.29, 1.82) is 0 Å². The number of nitrogens with one attached hydrogen (secondary N) is 1. The lowest BCUT2D eigenvalue weighted by Gasteiger charge is -2.18. The quantitative estimate of drug-likeness (QED) is 0.233. The molecule has 1 unspecified atom stereocenters. The summed E-state index contributed by atoms with van der Waals surface area (Å²) in [4.78, 5) is 40.3. The van der Waals surface area contributed by atoms with Crippen molar-refractivity contribution >= 4 is 51.5 Å². The van der Waals surface area contributed by atoms with E-state index in [0.717, 1.165) is 11.8 Å². The number of non-ortho nitro benzene ring substituents is 1. The van der Waals surface area contributed by atoms with Gasteiger partial charge in [0.1, 0.15) is 0 Å². The van der Waals surface area contributed by atoms with Gasteiger partial charge in [-0.1, -0.05) is 35.5 Å². The van der Waals surface area contributed by atoms with Crippen LogP contribution in [-0.2, 0) is 9.53 Å². The third-order valence-corrected chi connectivity index (χ3v) is 5.66. The highest BCUT2D eigenvalue weighted by atomic mass is 35.5. The third-order valence-electron chi connectivity index (χ3n) is 4.39. The van der Waals surface area contributed by atoms with Crippen LogP contribution in [0.3, 0.4) is 0 Å². The van der Waals surface area contributed by atoms with Crippen molar-refractivity contribution in [2.45, 2.75) is 18.1 Å². The van der Waals surface area contributed by atoms with Crippen molar-refractivity contribution in [2.24, 2.45) is 0 Å². The van der Waals surface area contributed by atoms with Crippen LogP contribution in [0.1, 0.15) is 13.0 Å². The predicted molar refractivity (Wildman–Crippen MR) is 120 cm³/mol. The van der Waals surface area contributed by atoms with Crippen LogP contribution >= 0.6 is 23.4 Å². The predicted octanol–water partition coefficient (Wildman–Crippen LogP) is 3.90. The molecule has 0 aliphatic carbocycles. The molecular weight excluding hydrogens is 444 g/mol. The van der Waals surface area contributed by atoms with Gasteiger partial charge in [-0.2, -0.15) is 0 Å². The van der Waals surface area contributed by atoms with Crippen LogP contribution in [0.2, 0.25) is 5.02 Å². The molecular formula is C20H19ClN4O5S. The van der Waals surface area contributed by atoms with Gasteiger partial charge in [0.15, 0.2) is 5.16 Å². The molecule has 1 amide bonds. The fourth-order valence-electron chi connectivity index (χ4n) is 2.97. The molecule has 0 aliphatic rings. The maximum absolute atomic E-state index is 13.0. The second-order valence-corrected chi connectivity index (χ2v) is 8.00. The summed E-state index contributed by atoms with van der Waals surface area (Å²) in [5.41, 5.74) is 0.412. The van der Waals surface area contributed by atoms with E-state index in [1.165, 1.54) is 22.8 Å². The summed E-state index contributed by atoms with van der Waals surface area (Å²) in [6.45, 7) is 2.14. The number of nitro groups is 1. The molecule has 1 atom stereocenters. The number of hydrogen-bond acceptors (Lipinski definition) is 7. The molecule has 9 nitrogen and oxygen atoms in total. The Kier molecular flexibility index (Phi) is 7.26. The van der Waals surface area contributed by atoms with Gasteiger partial charge >= 0.3 is 0 Å². The normalized spacial score (nSPS) is 12.0. The summed E-state index contributed by atoms with van der Waals surface area (Å²) in [6.07, 6.45) is 0. The fraction of sp³-hybridized carbons (Fsp3) is 0.250. The molecule has 162 valence electrons. The molecule has 3 aromatic rings. The number of halogens is 1. The number of amides is 1. The highest BCUT2D eigenvalue weighted by Gasteiger charge is 2.18. The highest BCUT2D eigenvalue weighted by Crippen LogP contribution is 2.27. The minimum atomic E-state index is -0.570. The molecule has 0 fully saturated rings. The number of anilines is 1. The zero-order valence-corrected chi connectivity index (χ0v) is 18.3. The van der Waals surface area contributed by atoms with Gasteiger partial charge in [-0.15, -0.1) is 0 Å². The molecule has 0 aliphatic heterocycles. The second-order valence-electron chi connectivity index (χ2n) is 6.65. The molecule has 2 aromatic carbocycles. The molecule has 0 saturated carbocycles. The van der Waals surface area contributed by atoms with Crippen LogP contribution in [-0.4, -0.2) is 39.9 Å². The molecule has 0 saturated heterocycles. The summed E-state index contributed by atoms with van der Waals surface area (Å²) in [6, 6.07) is 10.5. The molecule has 1 N–H and O–H groups in total. The fourth-order valence-corrected chi connectivity index (χ4v) is 4.09. The van der Waals surface area contributed by atoms with Crippen LogP contribution in [0.5, 0.6) is 0 Å². The second kappa shape index (κ2) is 9.90. The molecule has 11 heteroatoms. The number of para-hydroxylation sites is 1. The minimum absolute atomic E-state index is 0.0439. The third kappa shape index (κ3) is 5.22. The topological polar surface area (TPSA) is 116 Å². The molecule has 3 rings (SSSR count). The molecule has 1 aromatic heterocycles. The Balaban J connectivity index is 1.83. The lowest BCUT2D eigenvalue weighted by molar-refractivity contribution is -0.384. The van der Waals surface area contributed by atoms with E-state index >= 15 is 0 Å². The molecule has 31 heavy (non-hydrogen) atoms. The zero-order chi connectivity index (χ0) is 22.5. The maximum Gasteiger partial charge on any atom is 0.271 e. The van der Waals surface area contributed by atoms with Gasteiger partial charge in [-0.3, -0.25) is 24.3 Å². The monoisotopic (exact) mass is 462 g/mol. The Morgan fingerprint density at radius 2 is 2.10 bits per heavy atom. The van der Waals surface area contributed by atoms with Crippen molar-refractivity contribution in [1.82, 2.24) is 9.55 Å². The number of carbonyl (C=O) groups is 1. The average Bonchev–Trinajstić information content (AvgIpc) is 2.73. The number of hydrogen-bond donors (Lipinski definition) is 1. The van der Waals surface area contributed by atoms with E-state index < -0.39 is 10.8 Å². The molecule has 0 spiro atoms. The van der Waals surface area contributed by atoms with E-state index in [1.807, 2.05) is 6.92 Å². The van der Waals surface area contributed by atoms with E-state index in [9.17, 15) is 19.7 Å². The Morgan fingerprint density at radius 3 is 2.77 bits per heavy atom. The number of ether oxygens (including phenoxy) is 1. The van der Waals surface area contributed by atoms with Crippen molar-refractivity contribution in [3.63, 3.8) is 0 Å². The number of methoxy groups -OCH3 is 1. The van der Waals surface area contributed by atoms with Gasteiger partial charge in [0.05, 0.1) is 44.9 Å². The Hall–Kier alpha value is -2.95. The average molecular weight is 463 g/mol. The van der Waals surface area contributed by atoms with E-state index in [1.54, 1.807) is 31.4 Å². The van der Waals surface area contributed by atoms with E-state index in [2.05, 4.69) is 10.3 Å². The number of aromatic nitrogens is 2. The van der Waals surface area contributed by atoms with Gasteiger partial charge in [-0.05, 0) is 25.1 Å². The number of rotatable bonds is 8. The van der Waals surface area contributed by atoms with Gasteiger partial charge in [0.2, 0.25) is 5.91 Å². The summed E-state index contributed by atoms with van der Waals surface area (Å²) >= 11 is 7.13. The van der Waals surface area contributed by atoms with Crippen LogP contribution in [0, 0.1) is 10.1 Å². The number of fused-ring (bicyclic) bond motifs is 1. The number of benzene rings is 2. The summed E-state index contributed by atoms with van der Waals surface area (Å²) in [5.74, 6) is -0.438. The van der Waals surface area contributed by atoms with Gasteiger partial charge in [0.25, 0.3) is 11.2 Å². The Labute approximate surface area is 186 Å². The first-order valence-electron chi connectivity index (χ1n) is 9.18. The van der Waals surface area contributed by atoms with Crippen molar-refractivity contribution in [2.75, 3.05) is 24.8 Å². The number of thioether (sulfide) groups is 1. The van der Waals surface area contributed by atoms with Crippen LogP contribution in [0.4, 0.5) is 11.4 Å². The van der Waals surface area contributed by atoms with Gasteiger partial charge < -0.3 is 10.1 Å². The Bertz CT molecular complexity index is 1200. The SMILES string of the molecule is COCC(C)n1c(SCC(=O)Nc2ccc([N+](=O)[O-])cc2Cl)nc2ccccc2c1=O. The van der Waals surface area contributed by atoms with Crippen molar-refractivity contribution < 1.29 is 14.5 Å². The first kappa shape index (κ1) is 22.7. The molecule has 1 heterocycles. The maximum atomic E-state index is 13.0. The van der Waals surface area contributed by atoms with Gasteiger partial charge in [0, 0.05) is 19.2 Å². The largest absolute Gasteiger partial charge is 0.383 e. The van der Waals surface area contributed by atoms with Crippen LogP contribution in [0.15, 0.2) is 52.4 Å². The number of nitrogens with zero attached hydrogens (tertiary/aromatic N) is 3. The first-order chi connectivity index (χ1) is 14.8. The van der Waals surface area contributed by atoms with Crippen LogP contribution in [0.25, 0.3) is 10.9 Å². The minimum Gasteiger partial charge on any atom is -0.383 e. The Morgan fingerprint density at radius 1 is 1.35 bits per heavy atom. The van der Waals surface area contributed by atoms with Crippen molar-refractivity contribution in [3.8, 4) is 0 Å². The number of carbonyl (C=O) groups excluding carboxylic acids is 1. The molecule has 0 radical (unpaired) electrons. The lowest BCUT2D eigenvalue weighted by atomic mass is 10.2. The summed E-state index contributed by atoms with van der Waals surface area (Å²) in [7, 11) is 1.55. The van der Waals surface area contributed by atoms with Crippen molar-refractivity contribution in [3.05, 3.63) is 68.0 Å². The van der Waals surface area contributed by atoms with E-state index in [-0.39, 0.29) is 33.8 Å². The van der Waals surface area contributed by atoms with E-state index in [0.29, 0.717) is 22.7 Å². The number of nitro benzene ring substituents is 1. The van der Waals surface area contributed by atoms with E-state index in [4.69, 9.17) is 16.3 Å². The summed E-state index contributed by atoms with van der Waals surface area (Å²) < 4.78 is 6.70. The standard InChI is InChI=1S/C20H19ClN4O5S/c1-12(10-30-2)24-19(27)14-5-3-4-6-16(14)23-20(24)31-11-18(26)22-17-8-7-13(25(28)29)9-15(17)21/h3-9,12H,10-11H2,1-2H3,(H,22,26). The molecule has 0 bridgehead atoms. The van der Waals surface area contributed by atoms with Gasteiger partial charge in [-0.25, -0.2) is 4.98 Å². The zero-order valence-electron chi connectivity index (χ0n) is 16.7. The van der Waals surface area contributed by atoms with Crippen LogP contribution < -0.4 is 10.9 Å². The first-order valence-corrected chi connectivity index (χ1v) is 10.5.